The van der Waals surface area contributed by atoms with Crippen molar-refractivity contribution in [2.24, 2.45) is 0 Å². The van der Waals surface area contributed by atoms with Gasteiger partial charge >= 0.3 is 0 Å². The number of allylic oxidation sites excluding steroid dienone is 5. The van der Waals surface area contributed by atoms with Crippen molar-refractivity contribution in [1.82, 2.24) is 19.9 Å². The molecule has 1 aromatic carbocycles. The van der Waals surface area contributed by atoms with Crippen LogP contribution in [0, 0.1) is 6.92 Å². The summed E-state index contributed by atoms with van der Waals surface area (Å²) in [5.74, 6) is 0.778. The molecular formula is C28H28N5P. The van der Waals surface area contributed by atoms with Gasteiger partial charge in [0, 0.05) is 40.8 Å². The summed E-state index contributed by atoms with van der Waals surface area (Å²) in [7, 11) is 2.78. The third-order valence-electron chi connectivity index (χ3n) is 5.38. The Bertz CT molecular complexity index is 1420. The number of nitrogens with zero attached hydrogens (tertiary/aromatic N) is 4. The molecule has 0 aliphatic rings. The van der Waals surface area contributed by atoms with Crippen molar-refractivity contribution >= 4 is 36.8 Å². The van der Waals surface area contributed by atoms with E-state index < -0.39 is 0 Å². The van der Waals surface area contributed by atoms with Gasteiger partial charge in [-0.15, -0.1) is 0 Å². The summed E-state index contributed by atoms with van der Waals surface area (Å²) >= 11 is 0. The lowest BCUT2D eigenvalue weighted by molar-refractivity contribution is 1.06. The summed E-state index contributed by atoms with van der Waals surface area (Å²) in [4.78, 5) is 18.1. The van der Waals surface area contributed by atoms with Crippen LogP contribution >= 0.6 is 9.24 Å². The number of benzene rings is 1. The fourth-order valence-corrected chi connectivity index (χ4v) is 4.27. The van der Waals surface area contributed by atoms with Crippen molar-refractivity contribution in [2.45, 2.75) is 27.3 Å². The summed E-state index contributed by atoms with van der Waals surface area (Å²) < 4.78 is 0. The van der Waals surface area contributed by atoms with E-state index in [1.165, 1.54) is 0 Å². The van der Waals surface area contributed by atoms with E-state index in [2.05, 4.69) is 73.4 Å². The van der Waals surface area contributed by atoms with Gasteiger partial charge in [-0.2, -0.15) is 0 Å². The van der Waals surface area contributed by atoms with E-state index in [1.54, 1.807) is 12.5 Å². The number of pyridine rings is 2. The standard InChI is InChI=1S/C28H28N5P/c1-5-7-22(12-18(2)3)25-19(4)13-20(15-30-25)16-31-28-27(34)26(32-17-33-28)23-9-10-24-21(14-23)8-6-11-29-24/h5-15,17H,2,16,34H2,1,3-4H3,(H,31,32,33)/b7-5-,22-12+. The van der Waals surface area contributed by atoms with E-state index in [0.29, 0.717) is 6.54 Å². The number of aromatic nitrogens is 4. The predicted molar refractivity (Wildman–Crippen MR) is 146 cm³/mol. The molecular weight excluding hydrogens is 437 g/mol. The first kappa shape index (κ1) is 23.5. The Labute approximate surface area is 203 Å². The molecule has 0 saturated carbocycles. The summed E-state index contributed by atoms with van der Waals surface area (Å²) in [6.45, 7) is 10.7. The summed E-state index contributed by atoms with van der Waals surface area (Å²) in [5, 5.41) is 5.45. The summed E-state index contributed by atoms with van der Waals surface area (Å²) in [6, 6.07) is 12.3. The van der Waals surface area contributed by atoms with Crippen LogP contribution in [0.1, 0.15) is 30.7 Å². The Kier molecular flexibility index (Phi) is 7.24. The van der Waals surface area contributed by atoms with Gasteiger partial charge in [-0.05, 0) is 50.1 Å². The van der Waals surface area contributed by atoms with E-state index in [4.69, 9.17) is 4.98 Å². The van der Waals surface area contributed by atoms with E-state index >= 15 is 0 Å². The molecule has 3 aromatic heterocycles. The van der Waals surface area contributed by atoms with Crippen molar-refractivity contribution in [3.63, 3.8) is 0 Å². The number of hydrogen-bond acceptors (Lipinski definition) is 5. The number of rotatable bonds is 7. The smallest absolute Gasteiger partial charge is 0.137 e. The molecule has 5 nitrogen and oxygen atoms in total. The Balaban J connectivity index is 1.56. The minimum Gasteiger partial charge on any atom is -0.365 e. The molecule has 4 rings (SSSR count). The highest BCUT2D eigenvalue weighted by molar-refractivity contribution is 7.28. The second kappa shape index (κ2) is 10.5. The lowest BCUT2D eigenvalue weighted by Gasteiger charge is -2.13. The Morgan fingerprint density at radius 2 is 1.97 bits per heavy atom. The molecule has 0 radical (unpaired) electrons. The van der Waals surface area contributed by atoms with Crippen LogP contribution in [0.25, 0.3) is 27.7 Å². The van der Waals surface area contributed by atoms with Crippen LogP contribution in [0.5, 0.6) is 0 Å². The fourth-order valence-electron chi connectivity index (χ4n) is 3.85. The van der Waals surface area contributed by atoms with Gasteiger partial charge in [0.15, 0.2) is 0 Å². The molecule has 0 saturated heterocycles. The van der Waals surface area contributed by atoms with Crippen molar-refractivity contribution in [2.75, 3.05) is 5.32 Å². The molecule has 34 heavy (non-hydrogen) atoms. The van der Waals surface area contributed by atoms with Gasteiger partial charge in [-0.25, -0.2) is 9.97 Å². The molecule has 3 heterocycles. The van der Waals surface area contributed by atoms with Crippen LogP contribution < -0.4 is 10.6 Å². The average molecular weight is 466 g/mol. The average Bonchev–Trinajstić information content (AvgIpc) is 2.83. The van der Waals surface area contributed by atoms with Crippen LogP contribution in [0.4, 0.5) is 5.82 Å². The molecule has 0 amide bonds. The Morgan fingerprint density at radius 3 is 2.74 bits per heavy atom. The lowest BCUT2D eigenvalue weighted by atomic mass is 10.0. The number of fused-ring (bicyclic) bond motifs is 1. The maximum atomic E-state index is 4.73. The molecule has 0 fully saturated rings. The van der Waals surface area contributed by atoms with Gasteiger partial charge in [0.05, 0.1) is 16.9 Å². The van der Waals surface area contributed by atoms with Gasteiger partial charge in [0.1, 0.15) is 12.1 Å². The quantitative estimate of drug-likeness (QED) is 0.266. The third kappa shape index (κ3) is 5.27. The van der Waals surface area contributed by atoms with E-state index in [1.807, 2.05) is 44.3 Å². The Hall–Kier alpha value is -3.69. The molecule has 1 unspecified atom stereocenters. The van der Waals surface area contributed by atoms with Gasteiger partial charge in [-0.3, -0.25) is 9.97 Å². The number of anilines is 1. The van der Waals surface area contributed by atoms with Gasteiger partial charge in [0.2, 0.25) is 0 Å². The first-order valence-electron chi connectivity index (χ1n) is 11.1. The molecule has 0 bridgehead atoms. The minimum absolute atomic E-state index is 0.608. The minimum atomic E-state index is 0.608. The van der Waals surface area contributed by atoms with E-state index in [-0.39, 0.29) is 0 Å². The van der Waals surface area contributed by atoms with Crippen LogP contribution in [0.2, 0.25) is 0 Å². The highest BCUT2D eigenvalue weighted by Gasteiger charge is 2.11. The first-order chi connectivity index (χ1) is 16.5. The second-order valence-corrected chi connectivity index (χ2v) is 8.78. The molecule has 0 aliphatic heterocycles. The molecule has 6 heteroatoms. The third-order valence-corrected chi connectivity index (χ3v) is 5.92. The van der Waals surface area contributed by atoms with Crippen molar-refractivity contribution in [3.05, 3.63) is 102 Å². The van der Waals surface area contributed by atoms with Gasteiger partial charge < -0.3 is 5.32 Å². The molecule has 4 aromatic rings. The zero-order chi connectivity index (χ0) is 24.1. The van der Waals surface area contributed by atoms with Crippen molar-refractivity contribution < 1.29 is 0 Å². The molecule has 1 atom stereocenters. The normalized spacial score (nSPS) is 11.8. The van der Waals surface area contributed by atoms with E-state index in [9.17, 15) is 0 Å². The van der Waals surface area contributed by atoms with Gasteiger partial charge in [0.25, 0.3) is 0 Å². The summed E-state index contributed by atoms with van der Waals surface area (Å²) in [5.41, 5.74) is 8.08. The zero-order valence-corrected chi connectivity index (χ0v) is 20.9. The maximum absolute atomic E-state index is 4.73. The monoisotopic (exact) mass is 465 g/mol. The summed E-state index contributed by atoms with van der Waals surface area (Å²) in [6.07, 6.45) is 11.4. The van der Waals surface area contributed by atoms with Gasteiger partial charge in [-0.1, -0.05) is 57.8 Å². The second-order valence-electron chi connectivity index (χ2n) is 8.20. The van der Waals surface area contributed by atoms with Crippen molar-refractivity contribution in [1.29, 1.82) is 0 Å². The maximum Gasteiger partial charge on any atom is 0.137 e. The molecule has 1 N–H and O–H groups in total. The fraction of sp³-hybridized carbons (Fsp3) is 0.143. The highest BCUT2D eigenvalue weighted by atomic mass is 31.0. The zero-order valence-electron chi connectivity index (χ0n) is 19.7. The Morgan fingerprint density at radius 1 is 1.12 bits per heavy atom. The van der Waals surface area contributed by atoms with Crippen LogP contribution in [0.3, 0.4) is 0 Å². The number of aryl methyl sites for hydroxylation is 1. The lowest BCUT2D eigenvalue weighted by Crippen LogP contribution is -2.13. The first-order valence-corrected chi connectivity index (χ1v) is 11.7. The molecule has 0 aliphatic carbocycles. The number of nitrogens with one attached hydrogen (secondary N) is 1. The molecule has 170 valence electrons. The topological polar surface area (TPSA) is 63.6 Å². The number of hydrogen-bond donors (Lipinski definition) is 1. The van der Waals surface area contributed by atoms with Crippen molar-refractivity contribution in [3.8, 4) is 11.3 Å². The predicted octanol–water partition coefficient (Wildman–Crippen LogP) is 6.04. The van der Waals surface area contributed by atoms with Crippen LogP contribution in [-0.2, 0) is 6.54 Å². The van der Waals surface area contributed by atoms with Crippen LogP contribution in [-0.4, -0.2) is 19.9 Å². The van der Waals surface area contributed by atoms with Crippen LogP contribution in [0.15, 0.2) is 85.5 Å². The SMILES string of the molecule is C=C(C)/C=C(\C=C/C)c1ncc(CNc2ncnc(-c3ccc4ncccc4c3)c2P)cc1C. The largest absolute Gasteiger partial charge is 0.365 e. The molecule has 0 spiro atoms. The highest BCUT2D eigenvalue weighted by Crippen LogP contribution is 2.24. The van der Waals surface area contributed by atoms with E-state index in [0.717, 1.165) is 61.2 Å².